The third kappa shape index (κ3) is 2.65. The third-order valence-corrected chi connectivity index (χ3v) is 5.60. The fourth-order valence-corrected chi connectivity index (χ4v) is 3.95. The second-order valence-electron chi connectivity index (χ2n) is 4.93. The van der Waals surface area contributed by atoms with Gasteiger partial charge in [-0.3, -0.25) is 9.89 Å². The van der Waals surface area contributed by atoms with Crippen LogP contribution in [0.4, 0.5) is 5.82 Å². The molecular formula is C14H13Cl2N3OS. The van der Waals surface area contributed by atoms with Gasteiger partial charge in [0, 0.05) is 11.3 Å². The van der Waals surface area contributed by atoms with Gasteiger partial charge in [-0.15, -0.1) is 11.8 Å². The van der Waals surface area contributed by atoms with Crippen molar-refractivity contribution in [1.82, 2.24) is 10.2 Å². The number of nitrogens with one attached hydrogen (secondary N) is 2. The number of carbonyl (C=O) groups excluding carboxylic acids is 1. The molecule has 110 valence electrons. The minimum atomic E-state index is -0.182. The number of amides is 1. The first kappa shape index (κ1) is 14.8. The van der Waals surface area contributed by atoms with E-state index in [1.807, 2.05) is 26.0 Å². The molecule has 4 nitrogen and oxygen atoms in total. The van der Waals surface area contributed by atoms with Crippen molar-refractivity contribution in [2.24, 2.45) is 0 Å². The Morgan fingerprint density at radius 3 is 2.76 bits per heavy atom. The van der Waals surface area contributed by atoms with Gasteiger partial charge < -0.3 is 5.32 Å². The van der Waals surface area contributed by atoms with Gasteiger partial charge >= 0.3 is 0 Å². The summed E-state index contributed by atoms with van der Waals surface area (Å²) in [5.41, 5.74) is 2.92. The Balaban J connectivity index is 2.13. The maximum Gasteiger partial charge on any atom is 0.238 e. The summed E-state index contributed by atoms with van der Waals surface area (Å²) in [6.45, 7) is 3.83. The van der Waals surface area contributed by atoms with Gasteiger partial charge in [-0.2, -0.15) is 5.10 Å². The Morgan fingerprint density at radius 1 is 1.29 bits per heavy atom. The molecule has 1 aliphatic heterocycles. The highest BCUT2D eigenvalue weighted by Crippen LogP contribution is 2.45. The van der Waals surface area contributed by atoms with Crippen molar-refractivity contribution in [1.29, 1.82) is 0 Å². The lowest BCUT2D eigenvalue weighted by Gasteiger charge is -2.18. The first-order chi connectivity index (χ1) is 9.97. The predicted octanol–water partition coefficient (Wildman–Crippen LogP) is 4.19. The number of rotatable bonds is 1. The van der Waals surface area contributed by atoms with Crippen LogP contribution in [0.5, 0.6) is 0 Å². The molecule has 2 aromatic rings. The number of benzene rings is 1. The molecule has 2 heterocycles. The molecule has 0 unspecified atom stereocenters. The number of hydrogen-bond donors (Lipinski definition) is 2. The van der Waals surface area contributed by atoms with Crippen molar-refractivity contribution in [2.75, 3.05) is 5.32 Å². The number of fused-ring (bicyclic) bond motifs is 1. The van der Waals surface area contributed by atoms with Gasteiger partial charge in [-0.05, 0) is 31.5 Å². The quantitative estimate of drug-likeness (QED) is 0.817. The summed E-state index contributed by atoms with van der Waals surface area (Å²) in [5, 5.41) is 10.8. The largest absolute Gasteiger partial charge is 0.308 e. The van der Waals surface area contributed by atoms with Crippen molar-refractivity contribution in [3.05, 3.63) is 45.1 Å². The lowest BCUT2D eigenvalue weighted by atomic mass is 10.0. The van der Waals surface area contributed by atoms with E-state index in [4.69, 9.17) is 23.2 Å². The Hall–Kier alpha value is -1.17. The molecule has 0 bridgehead atoms. The lowest BCUT2D eigenvalue weighted by Crippen LogP contribution is -2.21. The van der Waals surface area contributed by atoms with E-state index in [0.717, 1.165) is 16.8 Å². The average Bonchev–Trinajstić information content (AvgIpc) is 2.73. The highest BCUT2D eigenvalue weighted by molar-refractivity contribution is 8.01. The number of aromatic nitrogens is 2. The van der Waals surface area contributed by atoms with E-state index in [9.17, 15) is 4.79 Å². The zero-order chi connectivity index (χ0) is 15.1. The summed E-state index contributed by atoms with van der Waals surface area (Å²) in [6, 6.07) is 5.56. The number of hydrogen-bond acceptors (Lipinski definition) is 3. The van der Waals surface area contributed by atoms with Gasteiger partial charge in [0.1, 0.15) is 0 Å². The first-order valence-corrected chi connectivity index (χ1v) is 8.13. The molecule has 1 amide bonds. The van der Waals surface area contributed by atoms with Gasteiger partial charge in [0.25, 0.3) is 0 Å². The van der Waals surface area contributed by atoms with E-state index < -0.39 is 0 Å². The number of aryl methyl sites for hydroxylation is 1. The molecule has 0 radical (unpaired) electrons. The number of anilines is 1. The molecule has 0 saturated carbocycles. The van der Waals surface area contributed by atoms with Gasteiger partial charge in [0.05, 0.1) is 20.5 Å². The number of thioether (sulfide) groups is 1. The molecule has 1 aliphatic rings. The monoisotopic (exact) mass is 341 g/mol. The molecule has 0 spiro atoms. The van der Waals surface area contributed by atoms with Crippen LogP contribution in [0.2, 0.25) is 10.0 Å². The van der Waals surface area contributed by atoms with E-state index in [1.165, 1.54) is 0 Å². The van der Waals surface area contributed by atoms with Crippen LogP contribution in [-0.4, -0.2) is 21.4 Å². The van der Waals surface area contributed by atoms with Crippen LogP contribution >= 0.6 is 35.0 Å². The highest BCUT2D eigenvalue weighted by Gasteiger charge is 2.32. The highest BCUT2D eigenvalue weighted by atomic mass is 35.5. The maximum atomic E-state index is 12.1. The molecule has 2 N–H and O–H groups in total. The van der Waals surface area contributed by atoms with Crippen molar-refractivity contribution in [3.8, 4) is 0 Å². The summed E-state index contributed by atoms with van der Waals surface area (Å²) >= 11 is 13.7. The number of aromatic amines is 1. The standard InChI is InChI=1S/C14H13Cl2N3OS/c1-6-11-12(8-3-4-9(15)10(16)5-8)21-7(2)14(20)17-13(11)19-18-6/h3-5,7,12H,1-2H3,(H2,17,18,19,20)/t7-,12+/m0/s1. The number of halogens is 2. The van der Waals surface area contributed by atoms with Gasteiger partial charge in [-0.25, -0.2) is 0 Å². The first-order valence-electron chi connectivity index (χ1n) is 6.43. The van der Waals surface area contributed by atoms with Crippen LogP contribution in [-0.2, 0) is 4.79 Å². The summed E-state index contributed by atoms with van der Waals surface area (Å²) in [4.78, 5) is 12.1. The average molecular weight is 342 g/mol. The Bertz CT molecular complexity index is 716. The molecule has 1 aromatic heterocycles. The number of carbonyl (C=O) groups is 1. The molecule has 7 heteroatoms. The Labute approximate surface area is 136 Å². The molecule has 1 aromatic carbocycles. The smallest absolute Gasteiger partial charge is 0.238 e. The second-order valence-corrected chi connectivity index (χ2v) is 7.20. The second kappa shape index (κ2) is 5.55. The van der Waals surface area contributed by atoms with Gasteiger partial charge in [0.2, 0.25) is 5.91 Å². The lowest BCUT2D eigenvalue weighted by molar-refractivity contribution is -0.115. The molecule has 21 heavy (non-hydrogen) atoms. The normalized spacial score (nSPS) is 21.6. The zero-order valence-corrected chi connectivity index (χ0v) is 13.7. The molecular weight excluding hydrogens is 329 g/mol. The summed E-state index contributed by atoms with van der Waals surface area (Å²) < 4.78 is 0. The minimum Gasteiger partial charge on any atom is -0.308 e. The van der Waals surface area contributed by atoms with E-state index >= 15 is 0 Å². The van der Waals surface area contributed by atoms with Crippen molar-refractivity contribution < 1.29 is 4.79 Å². The van der Waals surface area contributed by atoms with E-state index in [-0.39, 0.29) is 16.4 Å². The Morgan fingerprint density at radius 2 is 2.05 bits per heavy atom. The van der Waals surface area contributed by atoms with E-state index in [0.29, 0.717) is 15.9 Å². The fourth-order valence-electron chi connectivity index (χ4n) is 2.33. The molecule has 3 rings (SSSR count). The van der Waals surface area contributed by atoms with Crippen LogP contribution < -0.4 is 5.32 Å². The van der Waals surface area contributed by atoms with E-state index in [1.54, 1.807) is 17.8 Å². The predicted molar refractivity (Wildman–Crippen MR) is 87.3 cm³/mol. The summed E-state index contributed by atoms with van der Waals surface area (Å²) in [5.74, 6) is 0.542. The number of nitrogens with zero attached hydrogens (tertiary/aromatic N) is 1. The van der Waals surface area contributed by atoms with E-state index in [2.05, 4.69) is 15.5 Å². The van der Waals surface area contributed by atoms with Crippen LogP contribution in [0, 0.1) is 6.92 Å². The van der Waals surface area contributed by atoms with Crippen LogP contribution in [0.25, 0.3) is 0 Å². The third-order valence-electron chi connectivity index (χ3n) is 3.45. The van der Waals surface area contributed by atoms with Gasteiger partial charge in [0.15, 0.2) is 5.82 Å². The zero-order valence-electron chi connectivity index (χ0n) is 11.4. The molecule has 0 fully saturated rings. The van der Waals surface area contributed by atoms with Gasteiger partial charge in [-0.1, -0.05) is 29.3 Å². The number of H-pyrrole nitrogens is 1. The molecule has 0 saturated heterocycles. The van der Waals surface area contributed by atoms with Crippen LogP contribution in [0.1, 0.15) is 29.0 Å². The van der Waals surface area contributed by atoms with Crippen molar-refractivity contribution in [2.45, 2.75) is 24.3 Å². The fraction of sp³-hybridized carbons (Fsp3) is 0.286. The van der Waals surface area contributed by atoms with Crippen molar-refractivity contribution in [3.63, 3.8) is 0 Å². The SMILES string of the molecule is Cc1[nH]nc2c1[C@@H](c1ccc(Cl)c(Cl)c1)S[C@@H](C)C(=O)N2. The maximum absolute atomic E-state index is 12.1. The minimum absolute atomic E-state index is 0.0255. The summed E-state index contributed by atoms with van der Waals surface area (Å²) in [7, 11) is 0. The Kier molecular flexibility index (Phi) is 3.90. The van der Waals surface area contributed by atoms with Crippen molar-refractivity contribution >= 4 is 46.7 Å². The van der Waals surface area contributed by atoms with Crippen LogP contribution in [0.15, 0.2) is 18.2 Å². The van der Waals surface area contributed by atoms with Crippen LogP contribution in [0.3, 0.4) is 0 Å². The molecule has 2 atom stereocenters. The molecule has 0 aliphatic carbocycles. The summed E-state index contributed by atoms with van der Waals surface area (Å²) in [6.07, 6.45) is 0. The topological polar surface area (TPSA) is 57.8 Å².